The molecule has 2 rings (SSSR count). The molecule has 1 aliphatic rings. The van der Waals surface area contributed by atoms with Gasteiger partial charge < -0.3 is 19.9 Å². The monoisotopic (exact) mass is 253 g/mol. The van der Waals surface area contributed by atoms with Gasteiger partial charge in [0, 0.05) is 25.7 Å². The van der Waals surface area contributed by atoms with Gasteiger partial charge in [0.2, 0.25) is 0 Å². The van der Waals surface area contributed by atoms with E-state index in [2.05, 4.69) is 34.7 Å². The Morgan fingerprint density at radius 1 is 1.61 bits per heavy atom. The number of aryl methyl sites for hydroxylation is 1. The van der Waals surface area contributed by atoms with Crippen molar-refractivity contribution < 1.29 is 4.74 Å². The molecule has 0 aromatic carbocycles. The summed E-state index contributed by atoms with van der Waals surface area (Å²) in [6.45, 7) is 6.91. The maximum Gasteiger partial charge on any atom is 0.149 e. The van der Waals surface area contributed by atoms with E-state index in [1.54, 1.807) is 6.33 Å². The summed E-state index contributed by atoms with van der Waals surface area (Å²) in [5, 5.41) is 15.1. The van der Waals surface area contributed by atoms with Crippen molar-refractivity contribution in [1.82, 2.24) is 25.4 Å². The number of aromatic nitrogens is 3. The van der Waals surface area contributed by atoms with Crippen molar-refractivity contribution in [2.24, 2.45) is 7.05 Å². The van der Waals surface area contributed by atoms with Crippen molar-refractivity contribution in [3.05, 3.63) is 12.2 Å². The highest BCUT2D eigenvalue weighted by atomic mass is 16.5. The lowest BCUT2D eigenvalue weighted by Gasteiger charge is -2.28. The highest BCUT2D eigenvalue weighted by Gasteiger charge is 2.19. The van der Waals surface area contributed by atoms with Crippen LogP contribution in [0.5, 0.6) is 0 Å². The summed E-state index contributed by atoms with van der Waals surface area (Å²) in [6.07, 6.45) is 2.79. The molecule has 0 saturated carbocycles. The van der Waals surface area contributed by atoms with Gasteiger partial charge in [-0.25, -0.2) is 0 Å². The number of hydrogen-bond acceptors (Lipinski definition) is 5. The molecule has 2 heterocycles. The van der Waals surface area contributed by atoms with Crippen LogP contribution in [-0.4, -0.2) is 46.6 Å². The lowest BCUT2D eigenvalue weighted by Crippen LogP contribution is -2.45. The highest BCUT2D eigenvalue weighted by Crippen LogP contribution is 2.11. The van der Waals surface area contributed by atoms with Gasteiger partial charge in [0.1, 0.15) is 12.2 Å². The fraction of sp³-hybridized carbons (Fsp3) is 0.833. The van der Waals surface area contributed by atoms with E-state index in [4.69, 9.17) is 4.74 Å². The highest BCUT2D eigenvalue weighted by molar-refractivity contribution is 4.93. The molecule has 0 spiro atoms. The molecule has 1 saturated heterocycles. The van der Waals surface area contributed by atoms with Gasteiger partial charge in [-0.15, -0.1) is 10.2 Å². The second kappa shape index (κ2) is 6.26. The first kappa shape index (κ1) is 13.5. The van der Waals surface area contributed by atoms with Crippen molar-refractivity contribution in [1.29, 1.82) is 0 Å². The minimum Gasteiger partial charge on any atom is -0.379 e. The fourth-order valence-electron chi connectivity index (χ4n) is 2.45. The van der Waals surface area contributed by atoms with Crippen LogP contribution in [0, 0.1) is 0 Å². The smallest absolute Gasteiger partial charge is 0.149 e. The van der Waals surface area contributed by atoms with Gasteiger partial charge in [0.05, 0.1) is 19.3 Å². The van der Waals surface area contributed by atoms with Crippen LogP contribution in [-0.2, 0) is 11.8 Å². The molecule has 3 atom stereocenters. The van der Waals surface area contributed by atoms with Gasteiger partial charge in [-0.2, -0.15) is 0 Å². The molecule has 0 amide bonds. The summed E-state index contributed by atoms with van der Waals surface area (Å²) in [4.78, 5) is 0. The zero-order chi connectivity index (χ0) is 13.0. The normalized spacial score (nSPS) is 23.8. The van der Waals surface area contributed by atoms with Crippen LogP contribution in [0.3, 0.4) is 0 Å². The molecule has 2 N–H and O–H groups in total. The van der Waals surface area contributed by atoms with E-state index in [1.807, 2.05) is 11.6 Å². The molecule has 3 unspecified atom stereocenters. The van der Waals surface area contributed by atoms with Gasteiger partial charge in [-0.3, -0.25) is 0 Å². The standard InChI is InChI=1S/C12H23N5O/c1-9(6-11-7-18-5-4-13-11)15-10(2)12-16-14-8-17(12)3/h8-11,13,15H,4-7H2,1-3H3. The molecule has 0 aliphatic carbocycles. The van der Waals surface area contributed by atoms with Crippen molar-refractivity contribution in [2.75, 3.05) is 19.8 Å². The van der Waals surface area contributed by atoms with Gasteiger partial charge in [0.25, 0.3) is 0 Å². The van der Waals surface area contributed by atoms with E-state index in [9.17, 15) is 0 Å². The van der Waals surface area contributed by atoms with Crippen LogP contribution in [0.2, 0.25) is 0 Å². The Hall–Kier alpha value is -0.980. The third-order valence-electron chi connectivity index (χ3n) is 3.30. The van der Waals surface area contributed by atoms with Crippen molar-refractivity contribution >= 4 is 0 Å². The summed E-state index contributed by atoms with van der Waals surface area (Å²) in [5.41, 5.74) is 0. The maximum absolute atomic E-state index is 5.46. The van der Waals surface area contributed by atoms with E-state index in [0.29, 0.717) is 12.1 Å². The maximum atomic E-state index is 5.46. The average Bonchev–Trinajstić information content (AvgIpc) is 2.76. The molecule has 102 valence electrons. The van der Waals surface area contributed by atoms with Crippen molar-refractivity contribution in [3.63, 3.8) is 0 Å². The Bertz CT molecular complexity index is 361. The molecule has 6 nitrogen and oxygen atoms in total. The van der Waals surface area contributed by atoms with Gasteiger partial charge in [-0.1, -0.05) is 0 Å². The van der Waals surface area contributed by atoms with E-state index >= 15 is 0 Å². The second-order valence-corrected chi connectivity index (χ2v) is 5.05. The third-order valence-corrected chi connectivity index (χ3v) is 3.30. The van der Waals surface area contributed by atoms with Crippen LogP contribution in [0.4, 0.5) is 0 Å². The lowest BCUT2D eigenvalue weighted by molar-refractivity contribution is 0.0708. The van der Waals surface area contributed by atoms with Crippen molar-refractivity contribution in [3.8, 4) is 0 Å². The third kappa shape index (κ3) is 3.51. The lowest BCUT2D eigenvalue weighted by atomic mass is 10.1. The molecule has 1 aliphatic heterocycles. The van der Waals surface area contributed by atoms with Crippen LogP contribution in [0.25, 0.3) is 0 Å². The van der Waals surface area contributed by atoms with E-state index in [0.717, 1.165) is 32.0 Å². The van der Waals surface area contributed by atoms with Gasteiger partial charge in [0.15, 0.2) is 0 Å². The first-order chi connectivity index (χ1) is 8.66. The quantitative estimate of drug-likeness (QED) is 0.786. The number of rotatable bonds is 5. The first-order valence-corrected chi connectivity index (χ1v) is 6.58. The largest absolute Gasteiger partial charge is 0.379 e. The summed E-state index contributed by atoms with van der Waals surface area (Å²) in [5.74, 6) is 0.967. The molecule has 0 radical (unpaired) electrons. The number of nitrogens with one attached hydrogen (secondary N) is 2. The van der Waals surface area contributed by atoms with Gasteiger partial charge >= 0.3 is 0 Å². The predicted molar refractivity (Wildman–Crippen MR) is 69.2 cm³/mol. The molecule has 18 heavy (non-hydrogen) atoms. The Labute approximate surface area is 108 Å². The Kier molecular flexibility index (Phi) is 4.68. The predicted octanol–water partition coefficient (Wildman–Crippen LogP) is 0.233. The summed E-state index contributed by atoms with van der Waals surface area (Å²) >= 11 is 0. The summed E-state index contributed by atoms with van der Waals surface area (Å²) in [7, 11) is 1.97. The number of ether oxygens (including phenoxy) is 1. The zero-order valence-electron chi connectivity index (χ0n) is 11.4. The van der Waals surface area contributed by atoms with Crippen LogP contribution < -0.4 is 10.6 Å². The molecule has 6 heteroatoms. The Morgan fingerprint density at radius 2 is 2.44 bits per heavy atom. The van der Waals surface area contributed by atoms with Crippen molar-refractivity contribution in [2.45, 2.75) is 38.4 Å². The van der Waals surface area contributed by atoms with E-state index in [-0.39, 0.29) is 6.04 Å². The van der Waals surface area contributed by atoms with Crippen LogP contribution in [0.1, 0.15) is 32.1 Å². The molecule has 1 aromatic rings. The minimum absolute atomic E-state index is 0.206. The Morgan fingerprint density at radius 3 is 3.06 bits per heavy atom. The average molecular weight is 253 g/mol. The van der Waals surface area contributed by atoms with Crippen LogP contribution in [0.15, 0.2) is 6.33 Å². The number of nitrogens with zero attached hydrogens (tertiary/aromatic N) is 3. The first-order valence-electron chi connectivity index (χ1n) is 6.58. The van der Waals surface area contributed by atoms with Crippen LogP contribution >= 0.6 is 0 Å². The summed E-state index contributed by atoms with van der Waals surface area (Å²) in [6, 6.07) is 1.07. The van der Waals surface area contributed by atoms with E-state index in [1.165, 1.54) is 0 Å². The number of morpholine rings is 1. The second-order valence-electron chi connectivity index (χ2n) is 5.05. The van der Waals surface area contributed by atoms with Gasteiger partial charge in [-0.05, 0) is 20.3 Å². The minimum atomic E-state index is 0.206. The molecular weight excluding hydrogens is 230 g/mol. The molecular formula is C12H23N5O. The van der Waals surface area contributed by atoms with E-state index < -0.39 is 0 Å². The Balaban J connectivity index is 1.79. The molecule has 0 bridgehead atoms. The molecule has 1 aromatic heterocycles. The number of hydrogen-bond donors (Lipinski definition) is 2. The SMILES string of the molecule is CC(CC1COCCN1)NC(C)c1nncn1C. The fourth-order valence-corrected chi connectivity index (χ4v) is 2.45. The topological polar surface area (TPSA) is 64.0 Å². The summed E-state index contributed by atoms with van der Waals surface area (Å²) < 4.78 is 7.41. The zero-order valence-corrected chi connectivity index (χ0v) is 11.4. The molecule has 1 fully saturated rings.